The Morgan fingerprint density at radius 2 is 1.86 bits per heavy atom. The zero-order valence-corrected chi connectivity index (χ0v) is 17.9. The van der Waals surface area contributed by atoms with Crippen molar-refractivity contribution in [3.8, 4) is 0 Å². The van der Waals surface area contributed by atoms with Crippen LogP contribution in [0.1, 0.15) is 60.5 Å². The predicted octanol–water partition coefficient (Wildman–Crippen LogP) is 4.24. The number of hydrogen-bond donors (Lipinski definition) is 1. The molecule has 1 aromatic heterocycles. The number of hydrogen-bond acceptors (Lipinski definition) is 3. The minimum atomic E-state index is -0.124. The summed E-state index contributed by atoms with van der Waals surface area (Å²) in [6.45, 7) is 3.18. The van der Waals surface area contributed by atoms with Gasteiger partial charge in [0, 0.05) is 32.7 Å². The summed E-state index contributed by atoms with van der Waals surface area (Å²) in [5, 5.41) is 7.62. The largest absolute Gasteiger partial charge is 0.348 e. The molecule has 4 rings (SSSR count). The van der Waals surface area contributed by atoms with E-state index in [1.54, 1.807) is 11.7 Å². The highest BCUT2D eigenvalue weighted by Crippen LogP contribution is 2.38. The molecule has 0 radical (unpaired) electrons. The number of aryl methyl sites for hydroxylation is 1. The molecule has 1 aromatic carbocycles. The first-order chi connectivity index (χ1) is 14.1. The second kappa shape index (κ2) is 9.31. The maximum atomic E-state index is 12.6. The molecular weight excluding hydrogens is 384 g/mol. The Balaban J connectivity index is 1.33. The van der Waals surface area contributed by atoms with Crippen LogP contribution in [-0.2, 0) is 7.05 Å². The molecule has 1 saturated heterocycles. The zero-order valence-electron chi connectivity index (χ0n) is 17.2. The van der Waals surface area contributed by atoms with Crippen LogP contribution in [0.5, 0.6) is 0 Å². The molecular formula is C23H31ClN4O. The summed E-state index contributed by atoms with van der Waals surface area (Å²) in [5.74, 6) is 1.31. The van der Waals surface area contributed by atoms with Gasteiger partial charge in [-0.3, -0.25) is 9.48 Å². The summed E-state index contributed by atoms with van der Waals surface area (Å²) in [7, 11) is 1.75. The molecule has 156 valence electrons. The van der Waals surface area contributed by atoms with Crippen LogP contribution in [0, 0.1) is 5.92 Å². The van der Waals surface area contributed by atoms with Gasteiger partial charge in [-0.05, 0) is 43.1 Å². The zero-order chi connectivity index (χ0) is 20.2. The minimum Gasteiger partial charge on any atom is -0.348 e. The van der Waals surface area contributed by atoms with E-state index in [0.717, 1.165) is 38.4 Å². The average Bonchev–Trinajstić information content (AvgIpc) is 3.38. The van der Waals surface area contributed by atoms with Gasteiger partial charge in [-0.2, -0.15) is 5.10 Å². The van der Waals surface area contributed by atoms with Crippen molar-refractivity contribution in [3.05, 3.63) is 52.8 Å². The number of rotatable bonds is 6. The van der Waals surface area contributed by atoms with Crippen molar-refractivity contribution in [2.24, 2.45) is 13.0 Å². The van der Waals surface area contributed by atoms with Gasteiger partial charge in [-0.1, -0.05) is 54.8 Å². The van der Waals surface area contributed by atoms with Gasteiger partial charge in [-0.25, -0.2) is 0 Å². The molecule has 0 unspecified atom stereocenters. The Kier molecular flexibility index (Phi) is 6.56. The predicted molar refractivity (Wildman–Crippen MR) is 116 cm³/mol. The van der Waals surface area contributed by atoms with E-state index in [9.17, 15) is 4.79 Å². The molecule has 1 amide bonds. The van der Waals surface area contributed by atoms with Crippen molar-refractivity contribution in [3.63, 3.8) is 0 Å². The fraction of sp³-hybridized carbons (Fsp3) is 0.565. The summed E-state index contributed by atoms with van der Waals surface area (Å²) in [6.07, 6.45) is 8.94. The summed E-state index contributed by atoms with van der Waals surface area (Å²) >= 11 is 6.11. The van der Waals surface area contributed by atoms with Gasteiger partial charge < -0.3 is 10.2 Å². The van der Waals surface area contributed by atoms with Crippen LogP contribution in [0.2, 0.25) is 5.02 Å². The molecule has 29 heavy (non-hydrogen) atoms. The summed E-state index contributed by atoms with van der Waals surface area (Å²) in [4.78, 5) is 15.2. The second-order valence-electron chi connectivity index (χ2n) is 8.57. The molecule has 6 heteroatoms. The molecule has 2 aliphatic rings. The molecule has 2 heterocycles. The molecule has 5 nitrogen and oxygen atoms in total. The Morgan fingerprint density at radius 3 is 2.48 bits per heavy atom. The van der Waals surface area contributed by atoms with Gasteiger partial charge in [0.2, 0.25) is 0 Å². The van der Waals surface area contributed by atoms with Gasteiger partial charge in [0.25, 0.3) is 5.91 Å². The summed E-state index contributed by atoms with van der Waals surface area (Å²) < 4.78 is 1.54. The van der Waals surface area contributed by atoms with Crippen LogP contribution in [0.15, 0.2) is 36.5 Å². The van der Waals surface area contributed by atoms with Crippen LogP contribution in [0.4, 0.5) is 0 Å². The standard InChI is InChI=1S/C23H31ClN4O/c1-27-22(21(24)15-25-27)23(29)26-19-11-13-28(14-12-19)16-20(18-9-5-6-10-18)17-7-3-2-4-8-17/h2-4,7-8,15,18-20H,5-6,9-14,16H2,1H3,(H,26,29)/t20-/m0/s1. The highest BCUT2D eigenvalue weighted by Gasteiger charge is 2.30. The van der Waals surface area contributed by atoms with Crippen molar-refractivity contribution in [1.29, 1.82) is 0 Å². The molecule has 1 aliphatic carbocycles. The quantitative estimate of drug-likeness (QED) is 0.769. The number of benzene rings is 1. The smallest absolute Gasteiger partial charge is 0.271 e. The Labute approximate surface area is 178 Å². The van der Waals surface area contributed by atoms with Crippen LogP contribution < -0.4 is 5.32 Å². The third-order valence-electron chi connectivity index (χ3n) is 6.68. The molecule has 0 bridgehead atoms. The molecule has 1 atom stereocenters. The van der Waals surface area contributed by atoms with Crippen LogP contribution in [-0.4, -0.2) is 46.3 Å². The number of halogens is 1. The first-order valence-corrected chi connectivity index (χ1v) is 11.3. The monoisotopic (exact) mass is 414 g/mol. The third-order valence-corrected chi connectivity index (χ3v) is 6.96. The Bertz CT molecular complexity index is 788. The maximum Gasteiger partial charge on any atom is 0.271 e. The molecule has 1 N–H and O–H groups in total. The van der Waals surface area contributed by atoms with E-state index in [-0.39, 0.29) is 11.9 Å². The topological polar surface area (TPSA) is 50.2 Å². The lowest BCUT2D eigenvalue weighted by Crippen LogP contribution is -2.46. The van der Waals surface area contributed by atoms with Crippen LogP contribution >= 0.6 is 11.6 Å². The van der Waals surface area contributed by atoms with Crippen LogP contribution in [0.25, 0.3) is 0 Å². The summed E-state index contributed by atoms with van der Waals surface area (Å²) in [6, 6.07) is 11.2. The number of carbonyl (C=O) groups is 1. The second-order valence-corrected chi connectivity index (χ2v) is 8.98. The highest BCUT2D eigenvalue weighted by atomic mass is 35.5. The van der Waals surface area contributed by atoms with E-state index in [1.165, 1.54) is 37.4 Å². The van der Waals surface area contributed by atoms with Crippen LogP contribution in [0.3, 0.4) is 0 Å². The van der Waals surface area contributed by atoms with Crippen molar-refractivity contribution >= 4 is 17.5 Å². The SMILES string of the molecule is Cn1ncc(Cl)c1C(=O)NC1CCN(C[C@@H](c2ccccc2)C2CCCC2)CC1. The lowest BCUT2D eigenvalue weighted by atomic mass is 9.84. The van der Waals surface area contributed by atoms with Gasteiger partial charge in [0.1, 0.15) is 5.69 Å². The fourth-order valence-corrected chi connectivity index (χ4v) is 5.30. The van der Waals surface area contributed by atoms with Crippen molar-refractivity contribution < 1.29 is 4.79 Å². The number of piperidine rings is 1. The number of nitrogens with one attached hydrogen (secondary N) is 1. The van der Waals surface area contributed by atoms with E-state index in [1.807, 2.05) is 0 Å². The van der Waals surface area contributed by atoms with E-state index < -0.39 is 0 Å². The first kappa shape index (κ1) is 20.4. The number of aromatic nitrogens is 2. The van der Waals surface area contributed by atoms with E-state index in [4.69, 9.17) is 11.6 Å². The van der Waals surface area contributed by atoms with E-state index in [2.05, 4.69) is 45.6 Å². The third kappa shape index (κ3) is 4.84. The van der Waals surface area contributed by atoms with Gasteiger partial charge >= 0.3 is 0 Å². The Morgan fingerprint density at radius 1 is 1.17 bits per heavy atom. The average molecular weight is 415 g/mol. The number of amides is 1. The highest BCUT2D eigenvalue weighted by molar-refractivity contribution is 6.33. The van der Waals surface area contributed by atoms with E-state index >= 15 is 0 Å². The molecule has 2 fully saturated rings. The summed E-state index contributed by atoms with van der Waals surface area (Å²) in [5.41, 5.74) is 1.93. The van der Waals surface area contributed by atoms with Crippen molar-refractivity contribution in [2.45, 2.75) is 50.5 Å². The minimum absolute atomic E-state index is 0.124. The van der Waals surface area contributed by atoms with Crippen molar-refractivity contribution in [2.75, 3.05) is 19.6 Å². The number of carbonyl (C=O) groups excluding carboxylic acids is 1. The van der Waals surface area contributed by atoms with Gasteiger partial charge in [0.15, 0.2) is 0 Å². The number of likely N-dealkylation sites (tertiary alicyclic amines) is 1. The molecule has 0 spiro atoms. The Hall–Kier alpha value is -1.85. The lowest BCUT2D eigenvalue weighted by molar-refractivity contribution is 0.0897. The molecule has 1 aliphatic heterocycles. The van der Waals surface area contributed by atoms with Crippen molar-refractivity contribution in [1.82, 2.24) is 20.0 Å². The molecule has 2 aromatic rings. The lowest BCUT2D eigenvalue weighted by Gasteiger charge is -2.36. The van der Waals surface area contributed by atoms with Gasteiger partial charge in [-0.15, -0.1) is 0 Å². The normalized spacial score (nSPS) is 20.1. The first-order valence-electron chi connectivity index (χ1n) is 10.9. The number of nitrogens with zero attached hydrogens (tertiary/aromatic N) is 3. The van der Waals surface area contributed by atoms with E-state index in [0.29, 0.717) is 16.6 Å². The maximum absolute atomic E-state index is 12.6. The molecule has 1 saturated carbocycles. The fourth-order valence-electron chi connectivity index (χ4n) is 5.04. The van der Waals surface area contributed by atoms with Gasteiger partial charge in [0.05, 0.1) is 11.2 Å².